The molecule has 1 aromatic rings. The molecule has 1 aliphatic rings. The summed E-state index contributed by atoms with van der Waals surface area (Å²) in [6, 6.07) is 1.87. The van der Waals surface area contributed by atoms with Gasteiger partial charge in [0.05, 0.1) is 0 Å². The molecule has 1 aromatic heterocycles. The van der Waals surface area contributed by atoms with E-state index in [1.807, 2.05) is 19.9 Å². The van der Waals surface area contributed by atoms with Crippen molar-refractivity contribution in [2.24, 2.45) is 0 Å². The number of amides is 1. The molecule has 0 bridgehead atoms. The molecule has 0 aliphatic carbocycles. The largest absolute Gasteiger partial charge is 0.368 e. The molecule has 2 N–H and O–H groups in total. The van der Waals surface area contributed by atoms with Crippen LogP contribution in [-0.4, -0.2) is 28.6 Å². The van der Waals surface area contributed by atoms with E-state index in [1.54, 1.807) is 0 Å². The molecule has 1 fully saturated rings. The summed E-state index contributed by atoms with van der Waals surface area (Å²) >= 11 is 0. The van der Waals surface area contributed by atoms with E-state index >= 15 is 0 Å². The second-order valence-electron chi connectivity index (χ2n) is 4.09. The molecule has 2 rings (SSSR count). The van der Waals surface area contributed by atoms with E-state index in [0.717, 1.165) is 24.2 Å². The molecular weight excluding hydrogens is 220 g/mol. The van der Waals surface area contributed by atoms with Crippen LogP contribution in [0.5, 0.6) is 0 Å². The van der Waals surface area contributed by atoms with Gasteiger partial charge < -0.3 is 4.74 Å². The van der Waals surface area contributed by atoms with Crippen LogP contribution in [0.2, 0.25) is 0 Å². The number of rotatable bonds is 3. The summed E-state index contributed by atoms with van der Waals surface area (Å²) in [5, 5.41) is 0. The minimum atomic E-state index is -0.353. The molecule has 0 unspecified atom stereocenters. The third-order valence-corrected chi connectivity index (χ3v) is 2.50. The normalized spacial score (nSPS) is 19.1. The van der Waals surface area contributed by atoms with Gasteiger partial charge in [-0.2, -0.15) is 0 Å². The van der Waals surface area contributed by atoms with Gasteiger partial charge >= 0.3 is 0 Å². The Kier molecular flexibility index (Phi) is 3.53. The fraction of sp³-hybridized carbons (Fsp3) is 0.545. The van der Waals surface area contributed by atoms with Crippen LogP contribution in [0.1, 0.15) is 24.2 Å². The molecule has 1 amide bonds. The van der Waals surface area contributed by atoms with Gasteiger partial charge in [0.15, 0.2) is 0 Å². The summed E-state index contributed by atoms with van der Waals surface area (Å²) in [6.45, 7) is 4.40. The van der Waals surface area contributed by atoms with E-state index in [4.69, 9.17) is 4.74 Å². The van der Waals surface area contributed by atoms with E-state index in [0.29, 0.717) is 12.6 Å². The van der Waals surface area contributed by atoms with Crippen LogP contribution in [0.3, 0.4) is 0 Å². The van der Waals surface area contributed by atoms with Crippen LogP contribution in [-0.2, 0) is 9.53 Å². The molecule has 6 heteroatoms. The fourth-order valence-electron chi connectivity index (χ4n) is 1.76. The Morgan fingerprint density at radius 1 is 1.41 bits per heavy atom. The van der Waals surface area contributed by atoms with Crippen molar-refractivity contribution in [3.05, 3.63) is 17.5 Å². The van der Waals surface area contributed by atoms with Crippen LogP contribution in [0.4, 0.5) is 5.95 Å². The van der Waals surface area contributed by atoms with Crippen molar-refractivity contribution < 1.29 is 9.53 Å². The summed E-state index contributed by atoms with van der Waals surface area (Å²) in [4.78, 5) is 19.9. The van der Waals surface area contributed by atoms with Gasteiger partial charge in [0.25, 0.3) is 5.91 Å². The highest BCUT2D eigenvalue weighted by molar-refractivity contribution is 5.81. The maximum Gasteiger partial charge on any atom is 0.267 e. The number of nitrogens with one attached hydrogen (secondary N) is 2. The zero-order chi connectivity index (χ0) is 12.3. The Bertz CT molecular complexity index is 396. The second-order valence-corrected chi connectivity index (χ2v) is 4.09. The van der Waals surface area contributed by atoms with Crippen molar-refractivity contribution in [2.45, 2.75) is 32.8 Å². The molecule has 0 saturated carbocycles. The van der Waals surface area contributed by atoms with Gasteiger partial charge in [0.1, 0.15) is 6.10 Å². The van der Waals surface area contributed by atoms with Gasteiger partial charge in [-0.15, -0.1) is 0 Å². The van der Waals surface area contributed by atoms with Crippen LogP contribution in [0.25, 0.3) is 0 Å². The second kappa shape index (κ2) is 5.09. The third-order valence-electron chi connectivity index (χ3n) is 2.50. The molecule has 0 radical (unpaired) electrons. The van der Waals surface area contributed by atoms with Gasteiger partial charge in [-0.3, -0.25) is 15.6 Å². The Balaban J connectivity index is 1.90. The molecule has 1 atom stereocenters. The highest BCUT2D eigenvalue weighted by Gasteiger charge is 2.23. The van der Waals surface area contributed by atoms with Crippen molar-refractivity contribution in [2.75, 3.05) is 12.0 Å². The van der Waals surface area contributed by atoms with Crippen molar-refractivity contribution in [3.63, 3.8) is 0 Å². The lowest BCUT2D eigenvalue weighted by Crippen LogP contribution is -2.38. The number of aryl methyl sites for hydroxylation is 2. The molecule has 2 heterocycles. The predicted octanol–water partition coefficient (Wildman–Crippen LogP) is 0.716. The number of carbonyl (C=O) groups is 1. The monoisotopic (exact) mass is 236 g/mol. The van der Waals surface area contributed by atoms with E-state index in [2.05, 4.69) is 20.8 Å². The number of anilines is 1. The molecule has 0 aromatic carbocycles. The number of aromatic nitrogens is 2. The van der Waals surface area contributed by atoms with E-state index in [1.165, 1.54) is 0 Å². The Morgan fingerprint density at radius 3 is 2.71 bits per heavy atom. The van der Waals surface area contributed by atoms with Crippen LogP contribution < -0.4 is 10.9 Å². The molecule has 17 heavy (non-hydrogen) atoms. The highest BCUT2D eigenvalue weighted by atomic mass is 16.5. The first-order chi connectivity index (χ1) is 8.15. The van der Waals surface area contributed by atoms with E-state index in [-0.39, 0.29) is 12.0 Å². The lowest BCUT2D eigenvalue weighted by atomic mass is 10.2. The number of hydrazine groups is 1. The Hall–Kier alpha value is -1.69. The smallest absolute Gasteiger partial charge is 0.267 e. The average molecular weight is 236 g/mol. The SMILES string of the molecule is Cc1cc(C)nc(NNC(=O)[C@H]2CCCO2)n1. The average Bonchev–Trinajstić information content (AvgIpc) is 2.78. The molecule has 92 valence electrons. The first-order valence-corrected chi connectivity index (χ1v) is 5.65. The number of hydrogen-bond acceptors (Lipinski definition) is 5. The zero-order valence-electron chi connectivity index (χ0n) is 9.99. The standard InChI is InChI=1S/C11H16N4O2/c1-7-6-8(2)13-11(12-7)15-14-10(16)9-4-3-5-17-9/h6,9H,3-5H2,1-2H3,(H,14,16)(H,12,13,15)/t9-/m1/s1. The van der Waals surface area contributed by atoms with Crippen LogP contribution >= 0.6 is 0 Å². The molecular formula is C11H16N4O2. The van der Waals surface area contributed by atoms with Crippen molar-refractivity contribution >= 4 is 11.9 Å². The lowest BCUT2D eigenvalue weighted by Gasteiger charge is -2.11. The Morgan fingerprint density at radius 2 is 2.12 bits per heavy atom. The van der Waals surface area contributed by atoms with Gasteiger partial charge in [-0.1, -0.05) is 0 Å². The number of ether oxygens (including phenoxy) is 1. The Labute approximate surface area is 99.8 Å². The fourth-order valence-corrected chi connectivity index (χ4v) is 1.76. The van der Waals surface area contributed by atoms with Gasteiger partial charge in [-0.25, -0.2) is 9.97 Å². The number of hydrogen-bond donors (Lipinski definition) is 2. The number of nitrogens with zero attached hydrogens (tertiary/aromatic N) is 2. The summed E-state index contributed by atoms with van der Waals surface area (Å²) < 4.78 is 5.26. The quantitative estimate of drug-likeness (QED) is 0.756. The third kappa shape index (κ3) is 3.13. The molecule has 1 saturated heterocycles. The van der Waals surface area contributed by atoms with Gasteiger partial charge in [-0.05, 0) is 32.8 Å². The maximum absolute atomic E-state index is 11.6. The summed E-state index contributed by atoms with van der Waals surface area (Å²) in [5.74, 6) is 0.221. The van der Waals surface area contributed by atoms with Crippen molar-refractivity contribution in [3.8, 4) is 0 Å². The van der Waals surface area contributed by atoms with Crippen LogP contribution in [0, 0.1) is 13.8 Å². The predicted molar refractivity (Wildman–Crippen MR) is 62.2 cm³/mol. The molecule has 0 spiro atoms. The van der Waals surface area contributed by atoms with Crippen molar-refractivity contribution in [1.29, 1.82) is 0 Å². The minimum Gasteiger partial charge on any atom is -0.368 e. The highest BCUT2D eigenvalue weighted by Crippen LogP contribution is 2.11. The van der Waals surface area contributed by atoms with Crippen molar-refractivity contribution in [1.82, 2.24) is 15.4 Å². The van der Waals surface area contributed by atoms with Gasteiger partial charge in [0, 0.05) is 18.0 Å². The summed E-state index contributed by atoms with van der Waals surface area (Å²) in [5.41, 5.74) is 6.96. The summed E-state index contributed by atoms with van der Waals surface area (Å²) in [6.07, 6.45) is 1.34. The first kappa shape index (κ1) is 11.8. The molecule has 6 nitrogen and oxygen atoms in total. The first-order valence-electron chi connectivity index (χ1n) is 5.65. The maximum atomic E-state index is 11.6. The van der Waals surface area contributed by atoms with E-state index < -0.39 is 0 Å². The topological polar surface area (TPSA) is 76.1 Å². The summed E-state index contributed by atoms with van der Waals surface area (Å²) in [7, 11) is 0. The van der Waals surface area contributed by atoms with E-state index in [9.17, 15) is 4.79 Å². The lowest BCUT2D eigenvalue weighted by molar-refractivity contribution is -0.129. The minimum absolute atomic E-state index is 0.176. The zero-order valence-corrected chi connectivity index (χ0v) is 9.99. The van der Waals surface area contributed by atoms with Gasteiger partial charge in [0.2, 0.25) is 5.95 Å². The number of carbonyl (C=O) groups excluding carboxylic acids is 1. The van der Waals surface area contributed by atoms with Crippen LogP contribution in [0.15, 0.2) is 6.07 Å². The molecule has 1 aliphatic heterocycles.